The highest BCUT2D eigenvalue weighted by Crippen LogP contribution is 2.28. The number of anilines is 1. The number of carbonyl (C=O) groups is 2. The van der Waals surface area contributed by atoms with E-state index in [0.29, 0.717) is 53.2 Å². The molecule has 160 valence electrons. The van der Waals surface area contributed by atoms with Crippen molar-refractivity contribution in [3.8, 4) is 5.75 Å². The third-order valence-electron chi connectivity index (χ3n) is 5.22. The van der Waals surface area contributed by atoms with Crippen LogP contribution in [0, 0.1) is 0 Å². The fourth-order valence-electron chi connectivity index (χ4n) is 3.73. The highest BCUT2D eigenvalue weighted by atomic mass is 16.5. The first-order chi connectivity index (χ1) is 15.6. The Morgan fingerprint density at radius 2 is 1.78 bits per heavy atom. The molecule has 0 unspecified atom stereocenters. The molecule has 0 bridgehead atoms. The molecular weight excluding hydrogens is 412 g/mol. The molecule has 9 nitrogen and oxygen atoms in total. The summed E-state index contributed by atoms with van der Waals surface area (Å²) < 4.78 is 12.6. The monoisotopic (exact) mass is 430 g/mol. The van der Waals surface area contributed by atoms with E-state index < -0.39 is 17.3 Å². The van der Waals surface area contributed by atoms with Gasteiger partial charge < -0.3 is 14.1 Å². The number of carbonyl (C=O) groups excluding carboxylic acids is 2. The Morgan fingerprint density at radius 3 is 2.69 bits per heavy atom. The van der Waals surface area contributed by atoms with Gasteiger partial charge in [-0.25, -0.2) is 4.79 Å². The van der Waals surface area contributed by atoms with Crippen LogP contribution in [0.3, 0.4) is 0 Å². The molecule has 0 spiro atoms. The zero-order chi connectivity index (χ0) is 22.1. The molecule has 0 aliphatic carbocycles. The van der Waals surface area contributed by atoms with Gasteiger partial charge in [-0.15, -0.1) is 5.10 Å². The number of benzene rings is 2. The number of fused-ring (bicyclic) bond motifs is 2. The van der Waals surface area contributed by atoms with Crippen molar-refractivity contribution in [2.24, 2.45) is 0 Å². The molecule has 0 atom stereocenters. The Morgan fingerprint density at radius 1 is 0.969 bits per heavy atom. The molecule has 1 amide bonds. The van der Waals surface area contributed by atoms with Crippen LogP contribution in [-0.2, 0) is 17.9 Å². The average molecular weight is 430 g/mol. The van der Waals surface area contributed by atoms with Gasteiger partial charge in [0.2, 0.25) is 0 Å². The van der Waals surface area contributed by atoms with Gasteiger partial charge in [-0.3, -0.25) is 14.3 Å². The SMILES string of the molecule is O=C1C(=O)N(CCCn2cc(COc3cc(=O)oc4ccccc34)nn2)c2ccccc21. The van der Waals surface area contributed by atoms with E-state index in [1.807, 2.05) is 12.1 Å². The lowest BCUT2D eigenvalue weighted by molar-refractivity contribution is -0.114. The predicted molar refractivity (Wildman–Crippen MR) is 115 cm³/mol. The van der Waals surface area contributed by atoms with E-state index in [0.717, 1.165) is 0 Å². The Labute approximate surface area is 181 Å². The van der Waals surface area contributed by atoms with Crippen molar-refractivity contribution < 1.29 is 18.7 Å². The second kappa shape index (κ2) is 8.10. The van der Waals surface area contributed by atoms with Gasteiger partial charge in [-0.05, 0) is 30.7 Å². The number of aromatic nitrogens is 3. The van der Waals surface area contributed by atoms with Crippen molar-refractivity contribution in [3.05, 3.63) is 82.5 Å². The van der Waals surface area contributed by atoms with Crippen LogP contribution in [0.4, 0.5) is 5.69 Å². The van der Waals surface area contributed by atoms with Crippen LogP contribution >= 0.6 is 0 Å². The number of hydrogen-bond donors (Lipinski definition) is 0. The molecule has 1 aliphatic rings. The van der Waals surface area contributed by atoms with Crippen molar-refractivity contribution in [1.82, 2.24) is 15.0 Å². The van der Waals surface area contributed by atoms with E-state index in [1.165, 1.54) is 11.0 Å². The number of Topliss-reactive ketones (excluding diaryl/α,β-unsaturated/α-hetero) is 1. The quantitative estimate of drug-likeness (QED) is 0.328. The molecule has 0 saturated carbocycles. The largest absolute Gasteiger partial charge is 0.486 e. The highest BCUT2D eigenvalue weighted by molar-refractivity contribution is 6.52. The van der Waals surface area contributed by atoms with E-state index in [2.05, 4.69) is 10.3 Å². The molecule has 3 heterocycles. The topological polar surface area (TPSA) is 108 Å². The minimum absolute atomic E-state index is 0.139. The number of aryl methyl sites for hydroxylation is 1. The smallest absolute Gasteiger partial charge is 0.339 e. The molecule has 0 radical (unpaired) electrons. The normalized spacial score (nSPS) is 13.1. The summed E-state index contributed by atoms with van der Waals surface area (Å²) in [7, 11) is 0. The molecule has 0 saturated heterocycles. The van der Waals surface area contributed by atoms with Gasteiger partial charge in [0.05, 0.1) is 28.9 Å². The number of ether oxygens (including phenoxy) is 1. The zero-order valence-corrected chi connectivity index (χ0v) is 16.9. The van der Waals surface area contributed by atoms with Crippen LogP contribution in [0.1, 0.15) is 22.5 Å². The first-order valence-electron chi connectivity index (χ1n) is 10.1. The average Bonchev–Trinajstić information content (AvgIpc) is 3.36. The molecular formula is C23H18N4O5. The number of rotatable bonds is 7. The third-order valence-corrected chi connectivity index (χ3v) is 5.22. The summed E-state index contributed by atoms with van der Waals surface area (Å²) in [5.74, 6) is -0.552. The molecule has 32 heavy (non-hydrogen) atoms. The molecule has 2 aromatic heterocycles. The minimum Gasteiger partial charge on any atom is -0.486 e. The molecule has 5 rings (SSSR count). The van der Waals surface area contributed by atoms with Gasteiger partial charge in [0, 0.05) is 13.1 Å². The van der Waals surface area contributed by atoms with Gasteiger partial charge in [0.25, 0.3) is 11.7 Å². The van der Waals surface area contributed by atoms with Crippen molar-refractivity contribution in [1.29, 1.82) is 0 Å². The van der Waals surface area contributed by atoms with Gasteiger partial charge in [-0.1, -0.05) is 29.5 Å². The standard InChI is InChI=1S/C23H18N4O5/c28-21-12-20(17-7-2-4-9-19(17)32-21)31-14-15-13-26(25-24-15)10-5-11-27-18-8-3-1-6-16(18)22(29)23(27)30/h1-4,6-9,12-13H,5,10-11,14H2. The Bertz CT molecular complexity index is 1390. The van der Waals surface area contributed by atoms with Gasteiger partial charge in [0.15, 0.2) is 0 Å². The fraction of sp³-hybridized carbons (Fsp3) is 0.174. The minimum atomic E-state index is -0.501. The Hall–Kier alpha value is -4.27. The number of hydrogen-bond acceptors (Lipinski definition) is 7. The van der Waals surface area contributed by atoms with E-state index in [-0.39, 0.29) is 6.61 Å². The highest BCUT2D eigenvalue weighted by Gasteiger charge is 2.34. The van der Waals surface area contributed by atoms with Gasteiger partial charge in [-0.2, -0.15) is 0 Å². The van der Waals surface area contributed by atoms with Crippen molar-refractivity contribution in [2.75, 3.05) is 11.4 Å². The lowest BCUT2D eigenvalue weighted by atomic mass is 10.1. The van der Waals surface area contributed by atoms with Crippen LogP contribution in [0.5, 0.6) is 5.75 Å². The van der Waals surface area contributed by atoms with Crippen molar-refractivity contribution in [3.63, 3.8) is 0 Å². The van der Waals surface area contributed by atoms with Crippen LogP contribution in [0.25, 0.3) is 11.0 Å². The fourth-order valence-corrected chi connectivity index (χ4v) is 3.73. The number of amides is 1. The molecule has 9 heteroatoms. The summed E-state index contributed by atoms with van der Waals surface area (Å²) in [5, 5.41) is 8.88. The van der Waals surface area contributed by atoms with Crippen molar-refractivity contribution >= 4 is 28.3 Å². The summed E-state index contributed by atoms with van der Waals surface area (Å²) in [4.78, 5) is 37.6. The molecule has 4 aromatic rings. The number of nitrogens with zero attached hydrogens (tertiary/aromatic N) is 4. The summed E-state index contributed by atoms with van der Waals surface area (Å²) in [5.41, 5.74) is 1.66. The first kappa shape index (κ1) is 19.7. The second-order valence-corrected chi connectivity index (χ2v) is 7.34. The molecule has 2 aromatic carbocycles. The van der Waals surface area contributed by atoms with Gasteiger partial charge in [0.1, 0.15) is 23.6 Å². The summed E-state index contributed by atoms with van der Waals surface area (Å²) >= 11 is 0. The van der Waals surface area contributed by atoms with E-state index >= 15 is 0 Å². The summed E-state index contributed by atoms with van der Waals surface area (Å²) in [6, 6.07) is 15.4. The predicted octanol–water partition coefficient (Wildman–Crippen LogP) is 2.58. The van der Waals surface area contributed by atoms with E-state index in [4.69, 9.17) is 9.15 Å². The maximum atomic E-state index is 12.2. The summed E-state index contributed by atoms with van der Waals surface area (Å²) in [6.07, 6.45) is 2.35. The van der Waals surface area contributed by atoms with E-state index in [1.54, 1.807) is 47.3 Å². The van der Waals surface area contributed by atoms with Gasteiger partial charge >= 0.3 is 5.63 Å². The van der Waals surface area contributed by atoms with Crippen LogP contribution < -0.4 is 15.3 Å². The third kappa shape index (κ3) is 3.64. The van der Waals surface area contributed by atoms with Crippen LogP contribution in [0.2, 0.25) is 0 Å². The molecule has 0 N–H and O–H groups in total. The Kier molecular flexibility index (Phi) is 4.98. The maximum Gasteiger partial charge on any atom is 0.339 e. The van der Waals surface area contributed by atoms with Crippen LogP contribution in [-0.4, -0.2) is 33.2 Å². The zero-order valence-electron chi connectivity index (χ0n) is 16.9. The summed E-state index contributed by atoms with van der Waals surface area (Å²) in [6.45, 7) is 1.06. The first-order valence-corrected chi connectivity index (χ1v) is 10.1. The lowest BCUT2D eigenvalue weighted by Gasteiger charge is -2.15. The van der Waals surface area contributed by atoms with E-state index in [9.17, 15) is 14.4 Å². The number of ketones is 1. The maximum absolute atomic E-state index is 12.2. The Balaban J connectivity index is 1.20. The lowest BCUT2D eigenvalue weighted by Crippen LogP contribution is -2.31. The second-order valence-electron chi connectivity index (χ2n) is 7.34. The van der Waals surface area contributed by atoms with Crippen LogP contribution in [0.15, 0.2) is 70.0 Å². The molecule has 1 aliphatic heterocycles. The molecule has 0 fully saturated rings. The number of para-hydroxylation sites is 2. The van der Waals surface area contributed by atoms with Crippen molar-refractivity contribution in [2.45, 2.75) is 19.6 Å².